The lowest BCUT2D eigenvalue weighted by Gasteiger charge is -2.39. The molecule has 0 bridgehead atoms. The molecule has 6 nitrogen and oxygen atoms in total. The maximum atomic E-state index is 9.74. The first kappa shape index (κ1) is 13.3. The van der Waals surface area contributed by atoms with Crippen LogP contribution >= 0.6 is 0 Å². The third-order valence-corrected chi connectivity index (χ3v) is 2.84. The molecule has 1 aliphatic heterocycles. The zero-order valence-corrected chi connectivity index (χ0v) is 9.59. The van der Waals surface area contributed by atoms with Gasteiger partial charge in [0.25, 0.3) is 0 Å². The van der Waals surface area contributed by atoms with E-state index in [1.54, 1.807) is 30.3 Å². The van der Waals surface area contributed by atoms with Gasteiger partial charge in [0.1, 0.15) is 30.2 Å². The molecule has 1 heterocycles. The molecule has 2 rings (SSSR count). The Morgan fingerprint density at radius 3 is 2.28 bits per heavy atom. The maximum Gasteiger partial charge on any atom is 0.229 e. The molecule has 5 atom stereocenters. The van der Waals surface area contributed by atoms with Gasteiger partial charge in [0, 0.05) is 0 Å². The molecule has 1 aromatic carbocycles. The van der Waals surface area contributed by atoms with E-state index in [1.165, 1.54) is 0 Å². The molecule has 1 fully saturated rings. The molecule has 1 saturated heterocycles. The van der Waals surface area contributed by atoms with Crippen LogP contribution in [0.3, 0.4) is 0 Å². The van der Waals surface area contributed by atoms with E-state index < -0.39 is 37.3 Å². The molecule has 100 valence electrons. The number of para-hydroxylation sites is 1. The Balaban J connectivity index is 2.08. The van der Waals surface area contributed by atoms with Crippen molar-refractivity contribution in [3.8, 4) is 5.75 Å². The van der Waals surface area contributed by atoms with Crippen molar-refractivity contribution in [3.63, 3.8) is 0 Å². The van der Waals surface area contributed by atoms with Crippen molar-refractivity contribution in [2.24, 2.45) is 0 Å². The highest BCUT2D eigenvalue weighted by Crippen LogP contribution is 2.23. The monoisotopic (exact) mass is 256 g/mol. The Hall–Kier alpha value is -1.18. The number of benzene rings is 1. The van der Waals surface area contributed by atoms with Crippen molar-refractivity contribution < 1.29 is 29.9 Å². The minimum Gasteiger partial charge on any atom is -0.462 e. The van der Waals surface area contributed by atoms with Gasteiger partial charge in [-0.3, -0.25) is 0 Å². The highest BCUT2D eigenvalue weighted by Gasteiger charge is 2.44. The van der Waals surface area contributed by atoms with Crippen LogP contribution in [0.15, 0.2) is 30.3 Å². The van der Waals surface area contributed by atoms with E-state index in [0.29, 0.717) is 5.75 Å². The number of ether oxygens (including phenoxy) is 2. The number of rotatable bonds is 3. The van der Waals surface area contributed by atoms with Crippen LogP contribution in [-0.4, -0.2) is 57.7 Å². The van der Waals surface area contributed by atoms with Gasteiger partial charge in [0.05, 0.1) is 6.61 Å². The number of aliphatic hydroxyl groups excluding tert-OH is 4. The van der Waals surface area contributed by atoms with Crippen LogP contribution in [0.2, 0.25) is 0 Å². The van der Waals surface area contributed by atoms with Gasteiger partial charge in [-0.15, -0.1) is 0 Å². The fourth-order valence-corrected chi connectivity index (χ4v) is 1.80. The highest BCUT2D eigenvalue weighted by molar-refractivity contribution is 5.21. The van der Waals surface area contributed by atoms with Crippen molar-refractivity contribution in [1.82, 2.24) is 0 Å². The fourth-order valence-electron chi connectivity index (χ4n) is 1.80. The molecule has 0 aromatic heterocycles. The van der Waals surface area contributed by atoms with Crippen molar-refractivity contribution in [1.29, 1.82) is 0 Å². The number of aliphatic hydroxyl groups is 4. The molecule has 0 amide bonds. The molecule has 1 aliphatic rings. The summed E-state index contributed by atoms with van der Waals surface area (Å²) in [5.74, 6) is 0.460. The third-order valence-electron chi connectivity index (χ3n) is 2.84. The van der Waals surface area contributed by atoms with Crippen molar-refractivity contribution >= 4 is 0 Å². The predicted molar refractivity (Wildman–Crippen MR) is 60.8 cm³/mol. The van der Waals surface area contributed by atoms with Gasteiger partial charge in [-0.05, 0) is 12.1 Å². The summed E-state index contributed by atoms with van der Waals surface area (Å²) in [6, 6.07) is 8.64. The van der Waals surface area contributed by atoms with Crippen LogP contribution in [0.4, 0.5) is 0 Å². The minimum absolute atomic E-state index is 0.460. The topological polar surface area (TPSA) is 99.4 Å². The third kappa shape index (κ3) is 2.63. The summed E-state index contributed by atoms with van der Waals surface area (Å²) in [4.78, 5) is 0. The van der Waals surface area contributed by atoms with Gasteiger partial charge in [0.15, 0.2) is 0 Å². The molecule has 4 N–H and O–H groups in total. The predicted octanol–water partition coefficient (Wildman–Crippen LogP) is -1.13. The largest absolute Gasteiger partial charge is 0.462 e. The Morgan fingerprint density at radius 2 is 1.67 bits per heavy atom. The van der Waals surface area contributed by atoms with Crippen LogP contribution in [0.5, 0.6) is 5.75 Å². The standard InChI is InChI=1S/C12H16O6/c13-6-8-9(14)10(15)11(16)12(18-8)17-7-4-2-1-3-5-7/h1-5,8-16H,6H2/t8-,9+,10-,11+,12-/m0/s1. The average molecular weight is 256 g/mol. The van der Waals surface area contributed by atoms with Gasteiger partial charge in [-0.25, -0.2) is 0 Å². The summed E-state index contributed by atoms with van der Waals surface area (Å²) in [7, 11) is 0. The summed E-state index contributed by atoms with van der Waals surface area (Å²) in [6.07, 6.45) is -6.28. The highest BCUT2D eigenvalue weighted by atomic mass is 16.7. The van der Waals surface area contributed by atoms with E-state index in [4.69, 9.17) is 14.6 Å². The zero-order chi connectivity index (χ0) is 13.1. The normalized spacial score (nSPS) is 36.3. The summed E-state index contributed by atoms with van der Waals surface area (Å²) in [6.45, 7) is -0.473. The summed E-state index contributed by atoms with van der Waals surface area (Å²) in [5, 5.41) is 37.9. The molecule has 0 saturated carbocycles. The van der Waals surface area contributed by atoms with Gasteiger partial charge in [0.2, 0.25) is 6.29 Å². The van der Waals surface area contributed by atoms with E-state index in [0.717, 1.165) is 0 Å². The molecular formula is C12H16O6. The van der Waals surface area contributed by atoms with Gasteiger partial charge in [-0.1, -0.05) is 18.2 Å². The SMILES string of the molecule is OC[C@@H]1O[C@H](Oc2ccccc2)[C@H](O)[C@@H](O)[C@@H]1O. The van der Waals surface area contributed by atoms with Crippen LogP contribution < -0.4 is 4.74 Å². The average Bonchev–Trinajstić information content (AvgIpc) is 2.40. The van der Waals surface area contributed by atoms with E-state index in [1.807, 2.05) is 0 Å². The Labute approximate surface area is 104 Å². The summed E-state index contributed by atoms with van der Waals surface area (Å²) in [5.41, 5.74) is 0. The van der Waals surface area contributed by atoms with E-state index in [2.05, 4.69) is 0 Å². The second-order valence-corrected chi connectivity index (χ2v) is 4.13. The smallest absolute Gasteiger partial charge is 0.229 e. The Morgan fingerprint density at radius 1 is 1.00 bits per heavy atom. The van der Waals surface area contributed by atoms with Crippen LogP contribution in [0.25, 0.3) is 0 Å². The minimum atomic E-state index is -1.43. The van der Waals surface area contributed by atoms with Gasteiger partial charge >= 0.3 is 0 Å². The molecule has 0 unspecified atom stereocenters. The molecule has 18 heavy (non-hydrogen) atoms. The van der Waals surface area contributed by atoms with E-state index in [9.17, 15) is 15.3 Å². The number of hydrogen-bond donors (Lipinski definition) is 4. The van der Waals surface area contributed by atoms with Gasteiger partial charge < -0.3 is 29.9 Å². The zero-order valence-electron chi connectivity index (χ0n) is 9.59. The van der Waals surface area contributed by atoms with Crippen LogP contribution in [-0.2, 0) is 4.74 Å². The summed E-state index contributed by atoms with van der Waals surface area (Å²) >= 11 is 0. The Kier molecular flexibility index (Phi) is 4.15. The van der Waals surface area contributed by atoms with E-state index in [-0.39, 0.29) is 0 Å². The first-order chi connectivity index (χ1) is 8.63. The molecule has 0 spiro atoms. The fraction of sp³-hybridized carbons (Fsp3) is 0.500. The van der Waals surface area contributed by atoms with Crippen molar-refractivity contribution in [3.05, 3.63) is 30.3 Å². The van der Waals surface area contributed by atoms with Crippen LogP contribution in [0.1, 0.15) is 0 Å². The number of hydrogen-bond acceptors (Lipinski definition) is 6. The second kappa shape index (κ2) is 5.64. The quantitative estimate of drug-likeness (QED) is 0.546. The van der Waals surface area contributed by atoms with Crippen LogP contribution in [0, 0.1) is 0 Å². The lowest BCUT2D eigenvalue weighted by atomic mass is 9.99. The Bertz CT molecular complexity index is 368. The van der Waals surface area contributed by atoms with Crippen molar-refractivity contribution in [2.75, 3.05) is 6.61 Å². The van der Waals surface area contributed by atoms with Gasteiger partial charge in [-0.2, -0.15) is 0 Å². The molecular weight excluding hydrogens is 240 g/mol. The first-order valence-corrected chi connectivity index (χ1v) is 5.65. The summed E-state index contributed by atoms with van der Waals surface area (Å²) < 4.78 is 10.6. The molecule has 0 aliphatic carbocycles. The maximum absolute atomic E-state index is 9.74. The lowest BCUT2D eigenvalue weighted by Crippen LogP contribution is -2.60. The first-order valence-electron chi connectivity index (χ1n) is 5.65. The molecule has 6 heteroatoms. The van der Waals surface area contributed by atoms with Crippen molar-refractivity contribution in [2.45, 2.75) is 30.7 Å². The molecule has 0 radical (unpaired) electrons. The lowest BCUT2D eigenvalue weighted by molar-refractivity contribution is -0.277. The second-order valence-electron chi connectivity index (χ2n) is 4.13. The van der Waals surface area contributed by atoms with E-state index >= 15 is 0 Å². The molecule has 1 aromatic rings.